The molecule has 0 aromatic rings. The summed E-state index contributed by atoms with van der Waals surface area (Å²) in [5, 5.41) is 62.9. The summed E-state index contributed by atoms with van der Waals surface area (Å²) >= 11 is 0. The number of rotatable bonds is 30. The van der Waals surface area contributed by atoms with Crippen molar-refractivity contribution in [2.45, 2.75) is 112 Å². The van der Waals surface area contributed by atoms with Crippen molar-refractivity contribution in [3.63, 3.8) is 0 Å². The molecular weight excluding hydrogens is 880 g/mol. The first-order valence-corrected chi connectivity index (χ1v) is 22.8. The molecule has 4 saturated heterocycles. The van der Waals surface area contributed by atoms with E-state index in [9.17, 15) is 30.6 Å². The fourth-order valence-electron chi connectivity index (χ4n) is 9.90. The SMILES string of the molecule is COCC1OC(COCC2C(COCCO)OC(CO)C(OC)C2OC)C(O)C(OC)C1COCC1OC(COC)C(COCC2OC(COCCO)C(C)(C)C(OC)C2O)C(OC)C1O. The Balaban J connectivity index is 1.36. The van der Waals surface area contributed by atoms with Gasteiger partial charge in [-0.25, -0.2) is 0 Å². The van der Waals surface area contributed by atoms with Gasteiger partial charge in [0.2, 0.25) is 0 Å². The highest BCUT2D eigenvalue weighted by Crippen LogP contribution is 2.39. The Labute approximate surface area is 389 Å². The Hall–Kier alpha value is -0.880. The van der Waals surface area contributed by atoms with Crippen LogP contribution in [0.4, 0.5) is 0 Å². The fourth-order valence-corrected chi connectivity index (χ4v) is 9.90. The van der Waals surface area contributed by atoms with Gasteiger partial charge in [-0.2, -0.15) is 0 Å². The molecule has 22 nitrogen and oxygen atoms in total. The summed E-state index contributed by atoms with van der Waals surface area (Å²) in [7, 11) is 10.7. The first-order valence-electron chi connectivity index (χ1n) is 22.8. The van der Waals surface area contributed by atoms with E-state index in [2.05, 4.69) is 0 Å². The Morgan fingerprint density at radius 3 is 1.20 bits per heavy atom. The molecule has 0 aromatic heterocycles. The van der Waals surface area contributed by atoms with Crippen molar-refractivity contribution in [1.82, 2.24) is 0 Å². The Bertz CT molecular complexity index is 1290. The number of aliphatic hydroxyl groups excluding tert-OH is 6. The molecule has 22 heteroatoms. The van der Waals surface area contributed by atoms with Crippen LogP contribution in [-0.4, -0.2) is 277 Å². The van der Waals surface area contributed by atoms with Crippen molar-refractivity contribution in [3.05, 3.63) is 0 Å². The van der Waals surface area contributed by atoms with E-state index in [1.54, 1.807) is 21.3 Å². The predicted molar refractivity (Wildman–Crippen MR) is 230 cm³/mol. The lowest BCUT2D eigenvalue weighted by Gasteiger charge is -2.49. The van der Waals surface area contributed by atoms with Gasteiger partial charge in [0.1, 0.15) is 48.8 Å². The third-order valence-corrected chi connectivity index (χ3v) is 13.5. The average molecular weight is 963 g/mol. The topological polar surface area (TPSA) is 269 Å². The Morgan fingerprint density at radius 1 is 0.394 bits per heavy atom. The maximum Gasteiger partial charge on any atom is 0.112 e. The molecule has 0 amide bonds. The van der Waals surface area contributed by atoms with Gasteiger partial charge in [-0.15, -0.1) is 0 Å². The van der Waals surface area contributed by atoms with E-state index in [0.717, 1.165) is 0 Å². The normalized spacial score (nSPS) is 39.6. The molecule has 0 radical (unpaired) electrons. The highest BCUT2D eigenvalue weighted by Gasteiger charge is 2.52. The van der Waals surface area contributed by atoms with Crippen LogP contribution in [0.2, 0.25) is 0 Å². The molecule has 4 fully saturated rings. The van der Waals surface area contributed by atoms with E-state index in [1.807, 2.05) is 13.8 Å². The molecule has 390 valence electrons. The third-order valence-electron chi connectivity index (χ3n) is 13.5. The molecular formula is C44H82O22. The van der Waals surface area contributed by atoms with Gasteiger partial charge in [-0.05, 0) is 0 Å². The monoisotopic (exact) mass is 963 g/mol. The van der Waals surface area contributed by atoms with Crippen LogP contribution in [0.25, 0.3) is 0 Å². The maximum atomic E-state index is 11.6. The molecule has 0 saturated carbocycles. The number of methoxy groups -OCH3 is 7. The number of aliphatic hydroxyl groups is 6. The second-order valence-electron chi connectivity index (χ2n) is 17.8. The van der Waals surface area contributed by atoms with E-state index in [0.29, 0.717) is 0 Å². The van der Waals surface area contributed by atoms with E-state index >= 15 is 0 Å². The zero-order valence-electron chi connectivity index (χ0n) is 40.3. The van der Waals surface area contributed by atoms with Gasteiger partial charge < -0.3 is 106 Å². The molecule has 4 rings (SSSR count). The zero-order valence-corrected chi connectivity index (χ0v) is 40.3. The summed E-state index contributed by atoms with van der Waals surface area (Å²) in [6.45, 7) is 4.28. The summed E-state index contributed by atoms with van der Waals surface area (Å²) in [6.07, 6.45) is -11.7. The molecule has 0 spiro atoms. The second kappa shape index (κ2) is 29.5. The van der Waals surface area contributed by atoms with Crippen LogP contribution in [0.5, 0.6) is 0 Å². The minimum Gasteiger partial charge on any atom is -0.394 e. The van der Waals surface area contributed by atoms with E-state index in [1.165, 1.54) is 28.4 Å². The highest BCUT2D eigenvalue weighted by atomic mass is 16.6. The Kier molecular flexibility index (Phi) is 25.8. The van der Waals surface area contributed by atoms with Crippen molar-refractivity contribution in [2.75, 3.05) is 149 Å². The van der Waals surface area contributed by atoms with Crippen LogP contribution in [0, 0.1) is 23.2 Å². The fraction of sp³-hybridized carbons (Fsp3) is 1.00. The van der Waals surface area contributed by atoms with E-state index in [4.69, 9.17) is 75.8 Å². The highest BCUT2D eigenvalue weighted by molar-refractivity contribution is 5.00. The van der Waals surface area contributed by atoms with Crippen LogP contribution < -0.4 is 0 Å². The molecule has 66 heavy (non-hydrogen) atoms. The summed E-state index contributed by atoms with van der Waals surface area (Å²) in [6, 6.07) is 0. The molecule has 19 unspecified atom stereocenters. The summed E-state index contributed by atoms with van der Waals surface area (Å²) in [5.41, 5.74) is -0.606. The minimum atomic E-state index is -1.13. The lowest BCUT2D eigenvalue weighted by atomic mass is 9.75. The van der Waals surface area contributed by atoms with Gasteiger partial charge in [0, 0.05) is 72.9 Å². The first-order chi connectivity index (χ1) is 31.8. The largest absolute Gasteiger partial charge is 0.394 e. The van der Waals surface area contributed by atoms with Crippen LogP contribution in [0.15, 0.2) is 0 Å². The molecule has 6 N–H and O–H groups in total. The summed E-state index contributed by atoms with van der Waals surface area (Å²) in [4.78, 5) is 0. The molecule has 0 bridgehead atoms. The lowest BCUT2D eigenvalue weighted by molar-refractivity contribution is -0.265. The summed E-state index contributed by atoms with van der Waals surface area (Å²) < 4.78 is 94.9. The summed E-state index contributed by atoms with van der Waals surface area (Å²) in [5.74, 6) is -1.40. The van der Waals surface area contributed by atoms with Crippen LogP contribution in [0.3, 0.4) is 0 Å². The van der Waals surface area contributed by atoms with Crippen molar-refractivity contribution >= 4 is 0 Å². The van der Waals surface area contributed by atoms with Crippen molar-refractivity contribution < 1.29 is 106 Å². The average Bonchev–Trinajstić information content (AvgIpc) is 3.30. The molecule has 0 aromatic carbocycles. The van der Waals surface area contributed by atoms with Crippen molar-refractivity contribution in [3.8, 4) is 0 Å². The van der Waals surface area contributed by atoms with Gasteiger partial charge in [0.25, 0.3) is 0 Å². The third kappa shape index (κ3) is 14.6. The maximum absolute atomic E-state index is 11.6. The quantitative estimate of drug-likeness (QED) is 0.0405. The Morgan fingerprint density at radius 2 is 0.788 bits per heavy atom. The van der Waals surface area contributed by atoms with E-state index in [-0.39, 0.29) is 99.1 Å². The number of ether oxygens (including phenoxy) is 16. The van der Waals surface area contributed by atoms with Crippen molar-refractivity contribution in [1.29, 1.82) is 0 Å². The molecule has 0 aliphatic carbocycles. The lowest BCUT2D eigenvalue weighted by Crippen LogP contribution is -2.62. The van der Waals surface area contributed by atoms with Gasteiger partial charge in [0.15, 0.2) is 0 Å². The van der Waals surface area contributed by atoms with E-state index < -0.39 is 121 Å². The molecule has 4 aliphatic rings. The van der Waals surface area contributed by atoms with Crippen molar-refractivity contribution in [2.24, 2.45) is 23.2 Å². The zero-order chi connectivity index (χ0) is 48.4. The van der Waals surface area contributed by atoms with Gasteiger partial charge in [-0.1, -0.05) is 13.8 Å². The smallest absolute Gasteiger partial charge is 0.112 e. The van der Waals surface area contributed by atoms with Gasteiger partial charge in [0.05, 0.1) is 148 Å². The first kappa shape index (κ1) is 57.7. The number of hydrogen-bond acceptors (Lipinski definition) is 22. The standard InChI is InChI=1S/C44H82O22/c1-44(2)35(24-59-13-11-46)66-34(38(50)43(44)57-9)23-61-16-26-30(19-52-4)64-32(36(48)40(26)54-6)21-60-15-25-29(18-51-3)65-33(37(49)39(25)53-5)22-62-17-27-31(20-58-12-10-45)63-28(14-47)42(56-8)41(27)55-7/h25-43,45-50H,10-24H2,1-9H3. The minimum absolute atomic E-state index is 0.000865. The van der Waals surface area contributed by atoms with Crippen LogP contribution >= 0.6 is 0 Å². The number of hydrogen-bond donors (Lipinski definition) is 6. The molecule has 4 aliphatic heterocycles. The predicted octanol–water partition coefficient (Wildman–Crippen LogP) is -2.56. The molecule has 4 heterocycles. The molecule has 19 atom stereocenters. The van der Waals surface area contributed by atoms with Crippen LogP contribution in [0.1, 0.15) is 13.8 Å². The van der Waals surface area contributed by atoms with Crippen LogP contribution in [-0.2, 0) is 75.8 Å². The van der Waals surface area contributed by atoms with Gasteiger partial charge >= 0.3 is 0 Å². The second-order valence-corrected chi connectivity index (χ2v) is 17.8. The van der Waals surface area contributed by atoms with Gasteiger partial charge in [-0.3, -0.25) is 0 Å².